The third-order valence-electron chi connectivity index (χ3n) is 4.38. The van der Waals surface area contributed by atoms with Gasteiger partial charge in [-0.05, 0) is 49.9 Å². The van der Waals surface area contributed by atoms with E-state index < -0.39 is 0 Å². The summed E-state index contributed by atoms with van der Waals surface area (Å²) in [7, 11) is 1.73. The summed E-state index contributed by atoms with van der Waals surface area (Å²) in [6.07, 6.45) is 3.53. The van der Waals surface area contributed by atoms with Crippen LogP contribution in [0.25, 0.3) is 0 Å². The zero-order valence-electron chi connectivity index (χ0n) is 12.9. The maximum absolute atomic E-state index is 9.65. The minimum Gasteiger partial charge on any atom is -0.496 e. The van der Waals surface area contributed by atoms with E-state index in [1.54, 1.807) is 7.11 Å². The van der Waals surface area contributed by atoms with E-state index in [4.69, 9.17) is 4.74 Å². The Balaban J connectivity index is 2.40. The van der Waals surface area contributed by atoms with Crippen LogP contribution < -0.4 is 4.74 Å². The number of benzene rings is 1. The van der Waals surface area contributed by atoms with Crippen LogP contribution in [0.4, 0.5) is 0 Å². The lowest BCUT2D eigenvalue weighted by atomic mass is 9.91. The molecule has 2 unspecified atom stereocenters. The summed E-state index contributed by atoms with van der Waals surface area (Å²) < 4.78 is 5.57. The summed E-state index contributed by atoms with van der Waals surface area (Å²) in [6, 6.07) is 6.71. The van der Waals surface area contributed by atoms with E-state index in [1.807, 2.05) is 0 Å². The number of likely N-dealkylation sites (tertiary alicyclic amines) is 1. The normalized spacial score (nSPS) is 19.0. The quantitative estimate of drug-likeness (QED) is 0.867. The number of nitrogens with zero attached hydrogens (tertiary/aromatic N) is 1. The number of aryl methyl sites for hydroxylation is 1. The monoisotopic (exact) mass is 277 g/mol. The molecular formula is C17H27NO2. The van der Waals surface area contributed by atoms with Gasteiger partial charge < -0.3 is 9.84 Å². The maximum Gasteiger partial charge on any atom is 0.123 e. The lowest BCUT2D eigenvalue weighted by molar-refractivity contribution is 0.124. The van der Waals surface area contributed by atoms with Crippen LogP contribution in [0.2, 0.25) is 0 Å². The van der Waals surface area contributed by atoms with Gasteiger partial charge in [0.15, 0.2) is 0 Å². The van der Waals surface area contributed by atoms with Crippen LogP contribution in [-0.4, -0.2) is 36.8 Å². The standard InChI is InChI=1S/C17H27NO2/c1-4-14-7-8-16(20-3)15(11-14)17(13(2)12-19)18-9-5-6-10-18/h7-8,11,13,17,19H,4-6,9-10,12H2,1-3H3. The molecule has 2 rings (SSSR count). The Morgan fingerprint density at radius 2 is 2.00 bits per heavy atom. The van der Waals surface area contributed by atoms with Crippen molar-refractivity contribution in [1.29, 1.82) is 0 Å². The molecule has 0 bridgehead atoms. The second-order valence-corrected chi connectivity index (χ2v) is 5.78. The Hall–Kier alpha value is -1.06. The molecule has 1 aliphatic heterocycles. The van der Waals surface area contributed by atoms with E-state index in [0.717, 1.165) is 25.3 Å². The highest BCUT2D eigenvalue weighted by Gasteiger charge is 2.30. The van der Waals surface area contributed by atoms with Crippen molar-refractivity contribution < 1.29 is 9.84 Å². The van der Waals surface area contributed by atoms with Crippen LogP contribution in [-0.2, 0) is 6.42 Å². The van der Waals surface area contributed by atoms with E-state index >= 15 is 0 Å². The molecule has 2 atom stereocenters. The molecule has 1 N–H and O–H groups in total. The van der Waals surface area contributed by atoms with E-state index in [1.165, 1.54) is 24.0 Å². The van der Waals surface area contributed by atoms with Crippen LogP contribution in [0.5, 0.6) is 5.75 Å². The predicted molar refractivity (Wildman–Crippen MR) is 82.2 cm³/mol. The molecule has 0 radical (unpaired) electrons. The first kappa shape index (κ1) is 15.3. The van der Waals surface area contributed by atoms with Crippen molar-refractivity contribution in [3.63, 3.8) is 0 Å². The smallest absolute Gasteiger partial charge is 0.123 e. The lowest BCUT2D eigenvalue weighted by Gasteiger charge is -2.33. The van der Waals surface area contributed by atoms with Crippen molar-refractivity contribution in [2.24, 2.45) is 5.92 Å². The number of hydrogen-bond acceptors (Lipinski definition) is 3. The third kappa shape index (κ3) is 3.15. The molecule has 0 aliphatic carbocycles. The van der Waals surface area contributed by atoms with Crippen molar-refractivity contribution in [3.8, 4) is 5.75 Å². The molecule has 1 aromatic rings. The number of aliphatic hydroxyl groups is 1. The highest BCUT2D eigenvalue weighted by molar-refractivity contribution is 5.40. The molecule has 0 saturated carbocycles. The van der Waals surface area contributed by atoms with E-state index in [0.29, 0.717) is 0 Å². The fourth-order valence-corrected chi connectivity index (χ4v) is 3.22. The van der Waals surface area contributed by atoms with E-state index in [9.17, 15) is 5.11 Å². The minimum absolute atomic E-state index is 0.209. The highest BCUT2D eigenvalue weighted by atomic mass is 16.5. The van der Waals surface area contributed by atoms with Crippen LogP contribution in [0.1, 0.15) is 43.9 Å². The minimum atomic E-state index is 0.209. The molecule has 1 aromatic carbocycles. The number of methoxy groups -OCH3 is 1. The Morgan fingerprint density at radius 1 is 1.30 bits per heavy atom. The molecule has 0 aromatic heterocycles. The summed E-state index contributed by atoms with van der Waals surface area (Å²) in [4.78, 5) is 2.50. The average molecular weight is 277 g/mol. The molecule has 0 amide bonds. The molecule has 1 heterocycles. The van der Waals surface area contributed by atoms with Crippen molar-refractivity contribution in [2.75, 3.05) is 26.8 Å². The number of aliphatic hydroxyl groups excluding tert-OH is 1. The fraction of sp³-hybridized carbons (Fsp3) is 0.647. The Morgan fingerprint density at radius 3 is 2.55 bits per heavy atom. The van der Waals surface area contributed by atoms with Gasteiger partial charge in [0, 0.05) is 18.2 Å². The molecule has 112 valence electrons. The number of rotatable bonds is 6. The topological polar surface area (TPSA) is 32.7 Å². The van der Waals surface area contributed by atoms with Gasteiger partial charge in [-0.1, -0.05) is 26.0 Å². The largest absolute Gasteiger partial charge is 0.496 e. The third-order valence-corrected chi connectivity index (χ3v) is 4.38. The van der Waals surface area contributed by atoms with Crippen molar-refractivity contribution in [2.45, 2.75) is 39.2 Å². The number of ether oxygens (including phenoxy) is 1. The van der Waals surface area contributed by atoms with E-state index in [2.05, 4.69) is 36.9 Å². The van der Waals surface area contributed by atoms with Gasteiger partial charge in [0.1, 0.15) is 5.75 Å². The molecular weight excluding hydrogens is 250 g/mol. The Labute approximate surface area is 122 Å². The molecule has 1 fully saturated rings. The fourth-order valence-electron chi connectivity index (χ4n) is 3.22. The number of hydrogen-bond donors (Lipinski definition) is 1. The zero-order valence-corrected chi connectivity index (χ0v) is 12.9. The second-order valence-electron chi connectivity index (χ2n) is 5.78. The first-order chi connectivity index (χ1) is 9.71. The molecule has 3 nitrogen and oxygen atoms in total. The highest BCUT2D eigenvalue weighted by Crippen LogP contribution is 2.37. The van der Waals surface area contributed by atoms with Gasteiger partial charge in [0.25, 0.3) is 0 Å². The Kier molecular flexibility index (Phi) is 5.44. The van der Waals surface area contributed by atoms with Crippen LogP contribution >= 0.6 is 0 Å². The summed E-state index contributed by atoms with van der Waals surface area (Å²) in [5.41, 5.74) is 2.56. The predicted octanol–water partition coefficient (Wildman–Crippen LogP) is 3.02. The van der Waals surface area contributed by atoms with Gasteiger partial charge in [-0.15, -0.1) is 0 Å². The summed E-state index contributed by atoms with van der Waals surface area (Å²) in [5, 5.41) is 9.65. The van der Waals surface area contributed by atoms with Gasteiger partial charge in [-0.3, -0.25) is 4.90 Å². The first-order valence-electron chi connectivity index (χ1n) is 7.73. The lowest BCUT2D eigenvalue weighted by Crippen LogP contribution is -2.32. The Bertz CT molecular complexity index is 427. The maximum atomic E-state index is 9.65. The average Bonchev–Trinajstić information content (AvgIpc) is 3.01. The van der Waals surface area contributed by atoms with Gasteiger partial charge in [-0.2, -0.15) is 0 Å². The molecule has 20 heavy (non-hydrogen) atoms. The van der Waals surface area contributed by atoms with Gasteiger partial charge >= 0.3 is 0 Å². The summed E-state index contributed by atoms with van der Waals surface area (Å²) in [6.45, 7) is 6.75. The summed E-state index contributed by atoms with van der Waals surface area (Å²) >= 11 is 0. The SMILES string of the molecule is CCc1ccc(OC)c(C(C(C)CO)N2CCCC2)c1. The zero-order chi connectivity index (χ0) is 14.5. The van der Waals surface area contributed by atoms with Gasteiger partial charge in [0.2, 0.25) is 0 Å². The molecule has 0 spiro atoms. The molecule has 1 saturated heterocycles. The van der Waals surface area contributed by atoms with Gasteiger partial charge in [0.05, 0.1) is 7.11 Å². The molecule has 1 aliphatic rings. The van der Waals surface area contributed by atoms with Crippen molar-refractivity contribution >= 4 is 0 Å². The van der Waals surface area contributed by atoms with Crippen LogP contribution in [0.3, 0.4) is 0 Å². The van der Waals surface area contributed by atoms with E-state index in [-0.39, 0.29) is 18.6 Å². The molecule has 3 heteroatoms. The van der Waals surface area contributed by atoms with Gasteiger partial charge in [-0.25, -0.2) is 0 Å². The first-order valence-corrected chi connectivity index (χ1v) is 7.73. The van der Waals surface area contributed by atoms with Crippen molar-refractivity contribution in [3.05, 3.63) is 29.3 Å². The summed E-state index contributed by atoms with van der Waals surface area (Å²) in [5.74, 6) is 1.16. The second kappa shape index (κ2) is 7.09. The van der Waals surface area contributed by atoms with Crippen molar-refractivity contribution in [1.82, 2.24) is 4.90 Å². The van der Waals surface area contributed by atoms with Crippen LogP contribution in [0.15, 0.2) is 18.2 Å². The van der Waals surface area contributed by atoms with Crippen LogP contribution in [0, 0.1) is 5.92 Å².